The van der Waals surface area contributed by atoms with Crippen LogP contribution in [0.3, 0.4) is 0 Å². The van der Waals surface area contributed by atoms with Gasteiger partial charge in [0.25, 0.3) is 5.91 Å². The number of carbonyl (C=O) groups excluding carboxylic acids is 2. The number of aldehydes is 1. The lowest BCUT2D eigenvalue weighted by molar-refractivity contribution is -0.108. The summed E-state index contributed by atoms with van der Waals surface area (Å²) in [5.41, 5.74) is 12.4. The fourth-order valence-corrected chi connectivity index (χ4v) is 2.42. The molecule has 0 bridgehead atoms. The number of hydrogen-bond donors (Lipinski definition) is 4. The van der Waals surface area contributed by atoms with E-state index in [-0.39, 0.29) is 30.5 Å². The van der Waals surface area contributed by atoms with Crippen LogP contribution < -0.4 is 22.1 Å². The van der Waals surface area contributed by atoms with Crippen molar-refractivity contribution in [3.63, 3.8) is 0 Å². The number of pyridine rings is 1. The maximum Gasteiger partial charge on any atom is 0.271 e. The summed E-state index contributed by atoms with van der Waals surface area (Å²) in [7, 11) is 0. The summed E-state index contributed by atoms with van der Waals surface area (Å²) in [6.07, 6.45) is 5.77. The fourth-order valence-electron chi connectivity index (χ4n) is 2.42. The Morgan fingerprint density at radius 2 is 2.19 bits per heavy atom. The molecule has 0 aliphatic heterocycles. The molecule has 0 aliphatic carbocycles. The smallest absolute Gasteiger partial charge is 0.271 e. The zero-order valence-corrected chi connectivity index (χ0v) is 13.8. The fraction of sp³-hybridized carbons (Fsp3) is 0.188. The Morgan fingerprint density at radius 1 is 1.35 bits per heavy atom. The first-order chi connectivity index (χ1) is 12.6. The van der Waals surface area contributed by atoms with E-state index in [9.17, 15) is 9.59 Å². The van der Waals surface area contributed by atoms with Crippen molar-refractivity contribution in [1.29, 1.82) is 0 Å². The highest BCUT2D eigenvalue weighted by Gasteiger charge is 2.16. The van der Waals surface area contributed by atoms with Gasteiger partial charge in [-0.05, 0) is 12.1 Å². The first kappa shape index (κ1) is 17.3. The molecule has 3 rings (SSSR count). The summed E-state index contributed by atoms with van der Waals surface area (Å²) in [5.74, 6) is -0.166. The van der Waals surface area contributed by atoms with E-state index in [4.69, 9.17) is 11.5 Å². The van der Waals surface area contributed by atoms with Gasteiger partial charge in [0.15, 0.2) is 11.5 Å². The zero-order chi connectivity index (χ0) is 18.5. The van der Waals surface area contributed by atoms with Crippen molar-refractivity contribution in [2.75, 3.05) is 17.2 Å². The van der Waals surface area contributed by atoms with Crippen LogP contribution in [0.25, 0.3) is 5.52 Å². The molecular formula is C16H18N8O2. The Hall–Kier alpha value is -3.53. The molecule has 3 aromatic rings. The number of aromatic nitrogens is 4. The summed E-state index contributed by atoms with van der Waals surface area (Å²) in [4.78, 5) is 30.8. The molecule has 0 spiro atoms. The van der Waals surface area contributed by atoms with Gasteiger partial charge in [-0.15, -0.1) is 0 Å². The Labute approximate surface area is 148 Å². The van der Waals surface area contributed by atoms with Crippen molar-refractivity contribution in [3.8, 4) is 0 Å². The number of primary amides is 1. The number of hydrogen-bond acceptors (Lipinski definition) is 8. The first-order valence-electron chi connectivity index (χ1n) is 7.89. The summed E-state index contributed by atoms with van der Waals surface area (Å²) in [6, 6.07) is 5.30. The second kappa shape index (κ2) is 7.57. The van der Waals surface area contributed by atoms with Crippen molar-refractivity contribution in [3.05, 3.63) is 42.5 Å². The van der Waals surface area contributed by atoms with Crippen molar-refractivity contribution in [2.45, 2.75) is 12.5 Å². The van der Waals surface area contributed by atoms with Gasteiger partial charge in [-0.3, -0.25) is 4.79 Å². The van der Waals surface area contributed by atoms with E-state index in [1.807, 2.05) is 18.2 Å². The van der Waals surface area contributed by atoms with E-state index >= 15 is 0 Å². The lowest BCUT2D eigenvalue weighted by Crippen LogP contribution is -2.30. The number of nitrogens with one attached hydrogen (secondary N) is 2. The average molecular weight is 354 g/mol. The standard InChI is InChI=1S/C16H18N8O2/c17-7-10(4-6-25)21-13-9-19-14(15(18)26)16(23-13)22-11-8-20-24-5-2-1-3-12(11)24/h1-3,5-6,8-10H,4,7,17H2,(H2,18,26)(H2,21,22,23)/t10-/m1/s1. The second-order valence-electron chi connectivity index (χ2n) is 5.51. The van der Waals surface area contributed by atoms with Gasteiger partial charge in [0.2, 0.25) is 0 Å². The Bertz CT molecular complexity index is 939. The SMILES string of the molecule is NC[C@@H](CC=O)Nc1cnc(C(N)=O)c(Nc2cnn3ccccc23)n1. The van der Waals surface area contributed by atoms with Crippen LogP contribution in [0, 0.1) is 0 Å². The van der Waals surface area contributed by atoms with Gasteiger partial charge < -0.3 is 26.9 Å². The van der Waals surface area contributed by atoms with Crippen LogP contribution in [0.2, 0.25) is 0 Å². The zero-order valence-electron chi connectivity index (χ0n) is 13.8. The molecule has 0 saturated heterocycles. The molecular weight excluding hydrogens is 336 g/mol. The normalized spacial score (nSPS) is 11.9. The van der Waals surface area contributed by atoms with E-state index in [0.29, 0.717) is 11.5 Å². The third kappa shape index (κ3) is 3.59. The number of amides is 1. The number of nitrogens with two attached hydrogens (primary N) is 2. The quantitative estimate of drug-likeness (QED) is 0.421. The van der Waals surface area contributed by atoms with Gasteiger partial charge in [-0.25, -0.2) is 14.5 Å². The number of nitrogens with zero attached hydrogens (tertiary/aromatic N) is 4. The molecule has 0 fully saturated rings. The third-order valence-corrected chi connectivity index (χ3v) is 3.70. The Kier molecular flexibility index (Phi) is 5.04. The van der Waals surface area contributed by atoms with Crippen molar-refractivity contribution >= 4 is 35.0 Å². The van der Waals surface area contributed by atoms with Crippen LogP contribution >= 0.6 is 0 Å². The maximum absolute atomic E-state index is 11.7. The maximum atomic E-state index is 11.7. The molecule has 1 amide bonds. The number of rotatable bonds is 8. The molecule has 26 heavy (non-hydrogen) atoms. The number of fused-ring (bicyclic) bond motifs is 1. The predicted octanol–water partition coefficient (Wildman–Crippen LogP) is 0.295. The molecule has 3 heterocycles. The third-order valence-electron chi connectivity index (χ3n) is 3.70. The van der Waals surface area contributed by atoms with Gasteiger partial charge in [-0.1, -0.05) is 6.07 Å². The topological polar surface area (TPSA) is 153 Å². The molecule has 0 aliphatic rings. The number of anilines is 3. The highest BCUT2D eigenvalue weighted by atomic mass is 16.1. The summed E-state index contributed by atoms with van der Waals surface area (Å²) in [6.45, 7) is 0.245. The van der Waals surface area contributed by atoms with Crippen LogP contribution in [0.4, 0.5) is 17.3 Å². The van der Waals surface area contributed by atoms with E-state index in [0.717, 1.165) is 11.8 Å². The molecule has 10 nitrogen and oxygen atoms in total. The molecule has 3 aromatic heterocycles. The summed E-state index contributed by atoms with van der Waals surface area (Å²) >= 11 is 0. The van der Waals surface area contributed by atoms with Crippen LogP contribution in [-0.4, -0.2) is 44.4 Å². The molecule has 1 atom stereocenters. The van der Waals surface area contributed by atoms with Crippen LogP contribution in [0.5, 0.6) is 0 Å². The van der Waals surface area contributed by atoms with Crippen LogP contribution in [0.1, 0.15) is 16.9 Å². The highest BCUT2D eigenvalue weighted by Crippen LogP contribution is 2.23. The van der Waals surface area contributed by atoms with Crippen LogP contribution in [0.15, 0.2) is 36.8 Å². The summed E-state index contributed by atoms with van der Waals surface area (Å²) in [5, 5.41) is 10.3. The van der Waals surface area contributed by atoms with Gasteiger partial charge in [0.1, 0.15) is 12.1 Å². The molecule has 0 unspecified atom stereocenters. The minimum Gasteiger partial charge on any atom is -0.364 e. The van der Waals surface area contributed by atoms with E-state index < -0.39 is 5.91 Å². The molecule has 0 aromatic carbocycles. The minimum absolute atomic E-state index is 0.00878. The molecule has 0 saturated carbocycles. The largest absolute Gasteiger partial charge is 0.364 e. The van der Waals surface area contributed by atoms with E-state index in [1.165, 1.54) is 6.20 Å². The van der Waals surface area contributed by atoms with E-state index in [1.54, 1.807) is 16.9 Å². The highest BCUT2D eigenvalue weighted by molar-refractivity contribution is 5.97. The van der Waals surface area contributed by atoms with Gasteiger partial charge in [-0.2, -0.15) is 5.10 Å². The first-order valence-corrected chi connectivity index (χ1v) is 7.89. The van der Waals surface area contributed by atoms with Crippen molar-refractivity contribution in [2.24, 2.45) is 11.5 Å². The lowest BCUT2D eigenvalue weighted by Gasteiger charge is -2.16. The molecule has 10 heteroatoms. The molecule has 0 radical (unpaired) electrons. The Morgan fingerprint density at radius 3 is 2.92 bits per heavy atom. The van der Waals surface area contributed by atoms with Gasteiger partial charge in [0, 0.05) is 25.2 Å². The average Bonchev–Trinajstić information content (AvgIpc) is 3.04. The van der Waals surface area contributed by atoms with Gasteiger partial charge in [0.05, 0.1) is 23.6 Å². The monoisotopic (exact) mass is 354 g/mol. The van der Waals surface area contributed by atoms with E-state index in [2.05, 4.69) is 25.7 Å². The minimum atomic E-state index is -0.716. The van der Waals surface area contributed by atoms with Crippen LogP contribution in [-0.2, 0) is 4.79 Å². The molecule has 134 valence electrons. The van der Waals surface area contributed by atoms with Gasteiger partial charge >= 0.3 is 0 Å². The van der Waals surface area contributed by atoms with Crippen molar-refractivity contribution in [1.82, 2.24) is 19.6 Å². The molecule has 6 N–H and O–H groups in total. The summed E-state index contributed by atoms with van der Waals surface area (Å²) < 4.78 is 1.68. The number of carbonyl (C=O) groups is 2. The lowest BCUT2D eigenvalue weighted by atomic mass is 10.2. The second-order valence-corrected chi connectivity index (χ2v) is 5.51. The van der Waals surface area contributed by atoms with Crippen molar-refractivity contribution < 1.29 is 9.59 Å². The predicted molar refractivity (Wildman–Crippen MR) is 96.2 cm³/mol. The Balaban J connectivity index is 1.94.